The summed E-state index contributed by atoms with van der Waals surface area (Å²) in [4.78, 5) is 0. The first-order valence-corrected chi connectivity index (χ1v) is 7.04. The van der Waals surface area contributed by atoms with E-state index in [9.17, 15) is 5.26 Å². The fourth-order valence-corrected chi connectivity index (χ4v) is 2.43. The first kappa shape index (κ1) is 15.1. The highest BCUT2D eigenvalue weighted by Crippen LogP contribution is 2.37. The summed E-state index contributed by atoms with van der Waals surface area (Å²) >= 11 is 0. The van der Waals surface area contributed by atoms with Crippen molar-refractivity contribution < 1.29 is 9.31 Å². The summed E-state index contributed by atoms with van der Waals surface area (Å²) in [6, 6.07) is 8.31. The highest BCUT2D eigenvalue weighted by molar-refractivity contribution is 6.63. The highest BCUT2D eigenvalue weighted by Gasteiger charge is 2.52. The van der Waals surface area contributed by atoms with Crippen LogP contribution in [0.3, 0.4) is 0 Å². The van der Waals surface area contributed by atoms with Crippen LogP contribution in [0, 0.1) is 18.3 Å². The van der Waals surface area contributed by atoms with Crippen molar-refractivity contribution in [3.05, 3.63) is 29.3 Å². The average Bonchev–Trinajstić information content (AvgIpc) is 2.56. The number of nitrogens with zero attached hydrogens (tertiary/aromatic N) is 1. The van der Waals surface area contributed by atoms with Gasteiger partial charge in [0.1, 0.15) is 0 Å². The van der Waals surface area contributed by atoms with Crippen molar-refractivity contribution in [2.75, 3.05) is 0 Å². The number of nitriles is 1. The van der Waals surface area contributed by atoms with E-state index < -0.39 is 7.12 Å². The molecule has 1 aliphatic rings. The number of hydrogen-bond acceptors (Lipinski definition) is 3. The summed E-state index contributed by atoms with van der Waals surface area (Å²) in [5.74, 6) is -0.177. The maximum absolute atomic E-state index is 9.22. The van der Waals surface area contributed by atoms with Gasteiger partial charge in [-0.2, -0.15) is 5.26 Å². The molecule has 20 heavy (non-hydrogen) atoms. The molecule has 0 spiro atoms. The molecule has 4 heteroatoms. The topological polar surface area (TPSA) is 42.2 Å². The number of hydrogen-bond donors (Lipinski definition) is 0. The molecule has 0 aromatic heterocycles. The fraction of sp³-hybridized carbons (Fsp3) is 0.562. The molecule has 0 amide bonds. The second-order valence-corrected chi connectivity index (χ2v) is 6.52. The molecule has 1 saturated heterocycles. The molecule has 106 valence electrons. The van der Waals surface area contributed by atoms with Gasteiger partial charge in [-0.15, -0.1) is 0 Å². The summed E-state index contributed by atoms with van der Waals surface area (Å²) in [5.41, 5.74) is 2.36. The smallest absolute Gasteiger partial charge is 0.399 e. The minimum atomic E-state index is -0.410. The zero-order valence-corrected chi connectivity index (χ0v) is 13.2. The van der Waals surface area contributed by atoms with Gasteiger partial charge in [0.25, 0.3) is 0 Å². The molecule has 2 rings (SSSR count). The molecular weight excluding hydrogens is 249 g/mol. The van der Waals surface area contributed by atoms with Crippen molar-refractivity contribution >= 4 is 12.6 Å². The van der Waals surface area contributed by atoms with Crippen LogP contribution in [0.2, 0.25) is 0 Å². The van der Waals surface area contributed by atoms with Crippen LogP contribution >= 0.6 is 0 Å². The molecule has 1 heterocycles. The molecule has 1 unspecified atom stereocenters. The van der Waals surface area contributed by atoms with Crippen LogP contribution in [0.5, 0.6) is 0 Å². The Morgan fingerprint density at radius 2 is 1.70 bits per heavy atom. The average molecular weight is 271 g/mol. The summed E-state index contributed by atoms with van der Waals surface area (Å²) in [6.07, 6.45) is 0. The lowest BCUT2D eigenvalue weighted by molar-refractivity contribution is 0.00578. The van der Waals surface area contributed by atoms with Crippen molar-refractivity contribution in [3.8, 4) is 6.07 Å². The van der Waals surface area contributed by atoms with E-state index in [1.54, 1.807) is 0 Å². The predicted molar refractivity (Wildman–Crippen MR) is 80.9 cm³/mol. The van der Waals surface area contributed by atoms with Crippen molar-refractivity contribution in [1.82, 2.24) is 0 Å². The first-order chi connectivity index (χ1) is 9.19. The van der Waals surface area contributed by atoms with Crippen molar-refractivity contribution in [2.24, 2.45) is 0 Å². The Morgan fingerprint density at radius 1 is 1.15 bits per heavy atom. The lowest BCUT2D eigenvalue weighted by Crippen LogP contribution is -2.41. The van der Waals surface area contributed by atoms with Gasteiger partial charge < -0.3 is 9.31 Å². The van der Waals surface area contributed by atoms with Gasteiger partial charge in [0.2, 0.25) is 0 Å². The zero-order chi connectivity index (χ0) is 15.1. The molecule has 0 bridgehead atoms. The van der Waals surface area contributed by atoms with Crippen LogP contribution in [0.15, 0.2) is 18.2 Å². The maximum atomic E-state index is 9.22. The molecule has 1 atom stereocenters. The van der Waals surface area contributed by atoms with Gasteiger partial charge in [0, 0.05) is 0 Å². The molecule has 0 aliphatic carbocycles. The van der Waals surface area contributed by atoms with Crippen LogP contribution < -0.4 is 5.46 Å². The van der Waals surface area contributed by atoms with Gasteiger partial charge in [0.15, 0.2) is 0 Å². The number of aryl methyl sites for hydroxylation is 1. The summed E-state index contributed by atoms with van der Waals surface area (Å²) in [6.45, 7) is 12.1. The zero-order valence-electron chi connectivity index (χ0n) is 13.2. The maximum Gasteiger partial charge on any atom is 0.495 e. The minimum Gasteiger partial charge on any atom is -0.399 e. The van der Waals surface area contributed by atoms with E-state index in [0.717, 1.165) is 16.6 Å². The predicted octanol–water partition coefficient (Wildman–Crippen LogP) is 2.92. The quantitative estimate of drug-likeness (QED) is 0.777. The van der Waals surface area contributed by atoms with Crippen LogP contribution in [0.4, 0.5) is 0 Å². The van der Waals surface area contributed by atoms with Crippen LogP contribution in [0.1, 0.15) is 51.7 Å². The third kappa shape index (κ3) is 2.37. The highest BCUT2D eigenvalue weighted by atomic mass is 16.7. The molecule has 0 N–H and O–H groups in total. The Morgan fingerprint density at radius 3 is 2.20 bits per heavy atom. The molecule has 1 aromatic rings. The molecule has 1 fully saturated rings. The molecule has 3 nitrogen and oxygen atoms in total. The van der Waals surface area contributed by atoms with Crippen LogP contribution in [-0.4, -0.2) is 18.3 Å². The van der Waals surface area contributed by atoms with Gasteiger partial charge in [-0.05, 0) is 52.6 Å². The van der Waals surface area contributed by atoms with Gasteiger partial charge in [-0.1, -0.05) is 23.8 Å². The molecule has 1 aromatic carbocycles. The minimum absolute atomic E-state index is 0.177. The number of rotatable bonds is 2. The van der Waals surface area contributed by atoms with E-state index in [-0.39, 0.29) is 17.1 Å². The molecule has 0 saturated carbocycles. The van der Waals surface area contributed by atoms with Crippen molar-refractivity contribution in [1.29, 1.82) is 5.26 Å². The summed E-state index contributed by atoms with van der Waals surface area (Å²) < 4.78 is 12.3. The van der Waals surface area contributed by atoms with Crippen molar-refractivity contribution in [3.63, 3.8) is 0 Å². The second-order valence-electron chi connectivity index (χ2n) is 6.52. The van der Waals surface area contributed by atoms with E-state index in [1.807, 2.05) is 59.7 Å². The first-order valence-electron chi connectivity index (χ1n) is 7.04. The van der Waals surface area contributed by atoms with Crippen molar-refractivity contribution in [2.45, 2.75) is 58.7 Å². The molecular formula is C16H22BNO2. The van der Waals surface area contributed by atoms with Crippen LogP contribution in [0.25, 0.3) is 0 Å². The van der Waals surface area contributed by atoms with E-state index in [0.29, 0.717) is 0 Å². The normalized spacial score (nSPS) is 21.6. The van der Waals surface area contributed by atoms with Crippen LogP contribution in [-0.2, 0) is 9.31 Å². The Bertz CT molecular complexity index is 544. The summed E-state index contributed by atoms with van der Waals surface area (Å²) in [7, 11) is -0.410. The van der Waals surface area contributed by atoms with E-state index in [2.05, 4.69) is 6.07 Å². The Kier molecular flexibility index (Phi) is 3.70. The third-order valence-electron chi connectivity index (χ3n) is 4.51. The standard InChI is InChI=1S/C16H22BNO2/c1-11-8-7-9-13(12(2)10-18)14(11)17-19-15(3,4)16(5,6)20-17/h7-9,12H,1-6H3. The fourth-order valence-electron chi connectivity index (χ4n) is 2.43. The molecule has 0 radical (unpaired) electrons. The van der Waals surface area contributed by atoms with Gasteiger partial charge in [-0.25, -0.2) is 0 Å². The molecule has 1 aliphatic heterocycles. The Hall–Kier alpha value is -1.31. The number of benzene rings is 1. The van der Waals surface area contributed by atoms with Gasteiger partial charge in [-0.3, -0.25) is 0 Å². The Balaban J connectivity index is 2.48. The van der Waals surface area contributed by atoms with Gasteiger partial charge in [0.05, 0.1) is 23.2 Å². The second kappa shape index (κ2) is 4.91. The Labute approximate surface area is 122 Å². The SMILES string of the molecule is Cc1cccc(C(C)C#N)c1B1OC(C)(C)C(C)(C)O1. The largest absolute Gasteiger partial charge is 0.495 e. The monoisotopic (exact) mass is 271 g/mol. The van der Waals surface area contributed by atoms with E-state index >= 15 is 0 Å². The third-order valence-corrected chi connectivity index (χ3v) is 4.51. The lowest BCUT2D eigenvalue weighted by atomic mass is 9.71. The van der Waals surface area contributed by atoms with Gasteiger partial charge >= 0.3 is 7.12 Å². The van der Waals surface area contributed by atoms with E-state index in [4.69, 9.17) is 9.31 Å². The lowest BCUT2D eigenvalue weighted by Gasteiger charge is -2.32. The summed E-state index contributed by atoms with van der Waals surface area (Å²) in [5, 5.41) is 9.22. The van der Waals surface area contributed by atoms with E-state index in [1.165, 1.54) is 0 Å².